The molecule has 7 heavy (non-hydrogen) atoms. The molecule has 0 heterocycles. The van der Waals surface area contributed by atoms with Crippen molar-refractivity contribution in [1.29, 1.82) is 0 Å². The first-order chi connectivity index (χ1) is 2.56. The summed E-state index contributed by atoms with van der Waals surface area (Å²) in [6.45, 7) is 0. The summed E-state index contributed by atoms with van der Waals surface area (Å²) in [5, 5.41) is 0. The molecule has 0 aliphatic rings. The quantitative estimate of drug-likeness (QED) is 0.302. The van der Waals surface area contributed by atoms with Gasteiger partial charge in [0.05, 0.1) is 6.26 Å². The van der Waals surface area contributed by atoms with E-state index in [2.05, 4.69) is 16.5 Å². The van der Waals surface area contributed by atoms with Crippen molar-refractivity contribution in [2.75, 3.05) is 6.26 Å². The molecule has 0 aromatic rings. The Hall–Kier alpha value is 1.26. The number of hydrogen-bond donors (Lipinski definition) is 1. The average Bonchev–Trinajstić information content (AvgIpc) is 1.35. The Balaban J connectivity index is 0. The monoisotopic (exact) mass is 152 g/mol. The molecule has 6 heteroatoms. The van der Waals surface area contributed by atoms with Crippen LogP contribution in [0.2, 0.25) is 0 Å². The zero-order chi connectivity index (χ0) is 5.21. The van der Waals surface area contributed by atoms with E-state index in [1.54, 1.807) is 0 Å². The van der Waals surface area contributed by atoms with Gasteiger partial charge in [0.25, 0.3) is 10.1 Å². The third kappa shape index (κ3) is 11.1. The predicted molar refractivity (Wildman–Crippen MR) is 32.1 cm³/mol. The Labute approximate surface area is 70.5 Å². The van der Waals surface area contributed by atoms with E-state index in [1.165, 1.54) is 0 Å². The van der Waals surface area contributed by atoms with Crippen molar-refractivity contribution in [2.45, 2.75) is 0 Å². The van der Waals surface area contributed by atoms with Gasteiger partial charge in [-0.3, -0.25) is 0 Å². The molecule has 0 saturated carbocycles. The van der Waals surface area contributed by atoms with Gasteiger partial charge in [0.2, 0.25) is 0 Å². The first-order valence-corrected chi connectivity index (χ1v) is 3.27. The fraction of sp³-hybridized carbons (Fsp3) is 1.00. The Kier molecular flexibility index (Phi) is 6.62. The van der Waals surface area contributed by atoms with Crippen LogP contribution in [0.15, 0.2) is 0 Å². The zero-order valence-corrected chi connectivity index (χ0v) is 4.79. The van der Waals surface area contributed by atoms with Crippen LogP contribution in [0.1, 0.15) is 0 Å². The topological polar surface area (TPSA) is 43.4 Å². The van der Waals surface area contributed by atoms with E-state index < -0.39 is 10.1 Å². The van der Waals surface area contributed by atoms with Gasteiger partial charge in [0.1, 0.15) is 0 Å². The van der Waals surface area contributed by atoms with Gasteiger partial charge < -0.3 is 0 Å². The summed E-state index contributed by atoms with van der Waals surface area (Å²) in [5.41, 5.74) is 0. The van der Waals surface area contributed by atoms with Crippen LogP contribution >= 0.6 is 12.9 Å². The molecule has 0 spiro atoms. The Morgan fingerprint density at radius 1 is 1.57 bits per heavy atom. The van der Waals surface area contributed by atoms with Gasteiger partial charge in [-0.25, -0.2) is 3.63 Å². The second kappa shape index (κ2) is 4.17. The fourth-order valence-electron chi connectivity index (χ4n) is 0. The molecule has 0 atom stereocenters. The van der Waals surface area contributed by atoms with Crippen molar-refractivity contribution in [3.05, 3.63) is 0 Å². The van der Waals surface area contributed by atoms with Crippen molar-refractivity contribution in [3.8, 4) is 0 Å². The van der Waals surface area contributed by atoms with Gasteiger partial charge in [0, 0.05) is 0 Å². The predicted octanol–water partition coefficient (Wildman–Crippen LogP) is -0.841. The molecule has 0 saturated heterocycles. The van der Waals surface area contributed by atoms with Gasteiger partial charge in [0.15, 0.2) is 0 Å². The fourth-order valence-corrected chi connectivity index (χ4v) is 0. The van der Waals surface area contributed by atoms with Gasteiger partial charge in [-0.15, -0.1) is 0 Å². The standard InChI is InChI=1S/CH4O3S2.Na.H/c1-6(2,3)4-5;;/h5H,1H3;;. The average molecular weight is 152 g/mol. The van der Waals surface area contributed by atoms with Gasteiger partial charge in [-0.2, -0.15) is 8.42 Å². The van der Waals surface area contributed by atoms with Crippen LogP contribution in [0.25, 0.3) is 0 Å². The minimum absolute atomic E-state index is 0. The second-order valence-electron chi connectivity index (χ2n) is 0.779. The van der Waals surface area contributed by atoms with Crippen molar-refractivity contribution < 1.29 is 12.0 Å². The van der Waals surface area contributed by atoms with Gasteiger partial charge >= 0.3 is 29.6 Å². The third-order valence-corrected chi connectivity index (χ3v) is 1.22. The molecule has 0 aliphatic heterocycles. The third-order valence-electron chi connectivity index (χ3n) is 0.135. The molecule has 0 aliphatic carbocycles. The molecule has 40 valence electrons. The van der Waals surface area contributed by atoms with Crippen LogP contribution in [0.4, 0.5) is 0 Å². The maximum absolute atomic E-state index is 9.70. The molecule has 3 nitrogen and oxygen atoms in total. The molecule has 0 N–H and O–H groups in total. The molecular formula is CH5NaO3S2. The van der Waals surface area contributed by atoms with E-state index >= 15 is 0 Å². The van der Waals surface area contributed by atoms with E-state index in [4.69, 9.17) is 0 Å². The van der Waals surface area contributed by atoms with Crippen LogP contribution in [0.3, 0.4) is 0 Å². The van der Waals surface area contributed by atoms with E-state index in [9.17, 15) is 8.42 Å². The summed E-state index contributed by atoms with van der Waals surface area (Å²) >= 11 is 3.01. The molecule has 0 aromatic carbocycles. The van der Waals surface area contributed by atoms with Crippen molar-refractivity contribution in [1.82, 2.24) is 0 Å². The second-order valence-corrected chi connectivity index (χ2v) is 2.78. The summed E-state index contributed by atoms with van der Waals surface area (Å²) < 4.78 is 23.0. The van der Waals surface area contributed by atoms with Crippen LogP contribution < -0.4 is 0 Å². The molecule has 0 radical (unpaired) electrons. The van der Waals surface area contributed by atoms with Crippen LogP contribution in [-0.2, 0) is 13.7 Å². The molecule has 0 aromatic heterocycles. The number of hydrogen-bond acceptors (Lipinski definition) is 4. The molecular weight excluding hydrogens is 147 g/mol. The molecule has 0 unspecified atom stereocenters. The summed E-state index contributed by atoms with van der Waals surface area (Å²) in [7, 11) is -3.30. The number of thiol groups is 1. The van der Waals surface area contributed by atoms with Gasteiger partial charge in [-0.1, -0.05) is 0 Å². The first-order valence-electron chi connectivity index (χ1n) is 1.09. The zero-order valence-electron chi connectivity index (χ0n) is 3.08. The molecule has 0 amide bonds. The first kappa shape index (κ1) is 11.1. The Morgan fingerprint density at radius 3 is 1.71 bits per heavy atom. The Morgan fingerprint density at radius 2 is 1.71 bits per heavy atom. The number of rotatable bonds is 1. The van der Waals surface area contributed by atoms with E-state index in [0.29, 0.717) is 0 Å². The summed E-state index contributed by atoms with van der Waals surface area (Å²) in [6, 6.07) is 0. The van der Waals surface area contributed by atoms with Crippen LogP contribution in [0.5, 0.6) is 0 Å². The minimum atomic E-state index is -3.30. The van der Waals surface area contributed by atoms with Crippen molar-refractivity contribution in [2.24, 2.45) is 0 Å². The van der Waals surface area contributed by atoms with E-state index in [1.807, 2.05) is 0 Å². The van der Waals surface area contributed by atoms with Crippen molar-refractivity contribution >= 4 is 52.6 Å². The molecule has 0 bridgehead atoms. The summed E-state index contributed by atoms with van der Waals surface area (Å²) in [4.78, 5) is 0. The van der Waals surface area contributed by atoms with Crippen molar-refractivity contribution in [3.63, 3.8) is 0 Å². The summed E-state index contributed by atoms with van der Waals surface area (Å²) in [5.74, 6) is 0. The van der Waals surface area contributed by atoms with Crippen LogP contribution in [-0.4, -0.2) is 44.2 Å². The van der Waals surface area contributed by atoms with Crippen LogP contribution in [0, 0.1) is 0 Å². The van der Waals surface area contributed by atoms with Gasteiger partial charge in [-0.05, 0) is 12.9 Å². The normalized spacial score (nSPS) is 10.0. The molecule has 0 rings (SSSR count). The van der Waals surface area contributed by atoms with E-state index in [-0.39, 0.29) is 29.6 Å². The maximum atomic E-state index is 9.70. The van der Waals surface area contributed by atoms with E-state index in [0.717, 1.165) is 6.26 Å². The SMILES string of the molecule is CS(=O)(=O)OS.[NaH]. The summed E-state index contributed by atoms with van der Waals surface area (Å²) in [6.07, 6.45) is 0.917. The molecule has 0 fully saturated rings. The Bertz CT molecular complexity index is 115.